The summed E-state index contributed by atoms with van der Waals surface area (Å²) in [6, 6.07) is 8.15. The van der Waals surface area contributed by atoms with E-state index in [0.29, 0.717) is 32.0 Å². The molecule has 7 nitrogen and oxygen atoms in total. The van der Waals surface area contributed by atoms with Crippen molar-refractivity contribution in [1.82, 2.24) is 10.2 Å². The second-order valence-electron chi connectivity index (χ2n) is 7.56. The van der Waals surface area contributed by atoms with Gasteiger partial charge < -0.3 is 10.4 Å². The summed E-state index contributed by atoms with van der Waals surface area (Å²) in [6.45, 7) is 0. The fourth-order valence-electron chi connectivity index (χ4n) is 3.49. The third kappa shape index (κ3) is 5.52. The first kappa shape index (κ1) is 25.2. The fraction of sp³-hybridized carbons (Fsp3) is 0.273. The van der Waals surface area contributed by atoms with E-state index in [1.54, 1.807) is 18.2 Å². The van der Waals surface area contributed by atoms with Gasteiger partial charge >= 0.3 is 5.97 Å². The summed E-state index contributed by atoms with van der Waals surface area (Å²) >= 11 is 16.3. The van der Waals surface area contributed by atoms with Crippen LogP contribution in [0.2, 0.25) is 10.0 Å². The van der Waals surface area contributed by atoms with Gasteiger partial charge in [0.2, 0.25) is 5.91 Å². The Morgan fingerprint density at radius 1 is 1.24 bits per heavy atom. The minimum absolute atomic E-state index is 0.0216. The van der Waals surface area contributed by atoms with Crippen molar-refractivity contribution in [2.75, 3.05) is 17.3 Å². The number of pyridine rings is 1. The molecule has 2 N–H and O–H groups in total. The molecule has 1 aromatic carbocycles. The highest BCUT2D eigenvalue weighted by Gasteiger charge is 2.54. The summed E-state index contributed by atoms with van der Waals surface area (Å²) in [7, 11) is 1.92. The van der Waals surface area contributed by atoms with Crippen LogP contribution in [-0.2, 0) is 21.4 Å². The number of benzene rings is 1. The lowest BCUT2D eigenvalue weighted by Crippen LogP contribution is -2.70. The molecule has 2 atom stereocenters. The number of rotatable bonds is 8. The molecule has 0 bridgehead atoms. The molecule has 2 aliphatic rings. The molecule has 0 saturated carbocycles. The minimum Gasteiger partial charge on any atom is -0.477 e. The number of carboxylic acids is 1. The minimum atomic E-state index is -1.13. The quantitative estimate of drug-likeness (QED) is 0.292. The van der Waals surface area contributed by atoms with Crippen LogP contribution in [0.3, 0.4) is 0 Å². The van der Waals surface area contributed by atoms with Crippen molar-refractivity contribution in [3.05, 3.63) is 64.0 Å². The number of carbonyl (C=O) groups excluding carboxylic acids is 2. The van der Waals surface area contributed by atoms with Crippen LogP contribution in [0.4, 0.5) is 0 Å². The van der Waals surface area contributed by atoms with Crippen LogP contribution in [0.15, 0.2) is 63.8 Å². The third-order valence-electron chi connectivity index (χ3n) is 5.18. The highest BCUT2D eigenvalue weighted by Crippen LogP contribution is 2.41. The predicted octanol–water partition coefficient (Wildman–Crippen LogP) is 3.44. The molecule has 0 unspecified atom stereocenters. The fourth-order valence-corrected chi connectivity index (χ4v) is 7.17. The summed E-state index contributed by atoms with van der Waals surface area (Å²) in [4.78, 5) is 40.3. The number of aliphatic carboxylic acids is 1. The van der Waals surface area contributed by atoms with Crippen LogP contribution < -0.4 is 9.88 Å². The molecule has 2 aliphatic heterocycles. The Bertz CT molecular complexity index is 1180. The maximum absolute atomic E-state index is 12.8. The van der Waals surface area contributed by atoms with Gasteiger partial charge in [0.1, 0.15) is 24.2 Å². The zero-order chi connectivity index (χ0) is 24.4. The van der Waals surface area contributed by atoms with Crippen LogP contribution in [0.25, 0.3) is 0 Å². The Morgan fingerprint density at radius 3 is 2.68 bits per heavy atom. The number of hydrogen-bond acceptors (Lipinski definition) is 6. The molecule has 34 heavy (non-hydrogen) atoms. The predicted molar refractivity (Wildman–Crippen MR) is 135 cm³/mol. The number of halogens is 2. The van der Waals surface area contributed by atoms with E-state index in [2.05, 4.69) is 5.32 Å². The van der Waals surface area contributed by atoms with Gasteiger partial charge in [0.15, 0.2) is 12.4 Å². The number of hydrogen-bond donors (Lipinski definition) is 2. The van der Waals surface area contributed by atoms with E-state index in [4.69, 9.17) is 23.2 Å². The molecule has 0 aliphatic carbocycles. The van der Waals surface area contributed by atoms with Crippen LogP contribution >= 0.6 is 58.5 Å². The number of aromatic nitrogens is 1. The average molecular weight is 558 g/mol. The number of carbonyl (C=O) groups is 3. The number of aryl methyl sites for hydroxylation is 1. The number of nitrogens with zero attached hydrogens (tertiary/aromatic N) is 2. The molecule has 178 valence electrons. The van der Waals surface area contributed by atoms with Gasteiger partial charge in [0, 0.05) is 38.5 Å². The van der Waals surface area contributed by atoms with Crippen molar-refractivity contribution >= 4 is 76.3 Å². The number of thioether (sulfide) groups is 3. The molecule has 1 saturated heterocycles. The topological polar surface area (TPSA) is 90.6 Å². The molecular weight excluding hydrogens is 537 g/mol. The summed E-state index contributed by atoms with van der Waals surface area (Å²) in [5, 5.41) is 13.1. The molecular formula is C22H20Cl2N3O4S3+. The monoisotopic (exact) mass is 556 g/mol. The highest BCUT2D eigenvalue weighted by molar-refractivity contribution is 8.01. The molecule has 2 amide bonds. The van der Waals surface area contributed by atoms with E-state index in [9.17, 15) is 19.5 Å². The highest BCUT2D eigenvalue weighted by atomic mass is 35.5. The molecule has 0 radical (unpaired) electrons. The maximum Gasteiger partial charge on any atom is 0.352 e. The second kappa shape index (κ2) is 10.8. The van der Waals surface area contributed by atoms with Crippen LogP contribution in [0.5, 0.6) is 0 Å². The summed E-state index contributed by atoms with van der Waals surface area (Å²) in [6.07, 6.45) is 3.84. The molecule has 1 aromatic heterocycles. The molecule has 12 heteroatoms. The largest absolute Gasteiger partial charge is 0.477 e. The Balaban J connectivity index is 1.38. The molecule has 2 aromatic rings. The average Bonchev–Trinajstić information content (AvgIpc) is 2.81. The maximum atomic E-state index is 12.8. The number of β-lactam (4-membered cyclic amide) rings is 1. The van der Waals surface area contributed by atoms with E-state index in [1.807, 2.05) is 36.1 Å². The van der Waals surface area contributed by atoms with Crippen molar-refractivity contribution in [3.8, 4) is 0 Å². The molecule has 3 heterocycles. The standard InChI is InChI=1S/C22H19Cl2N3O4S3/c1-26-6-4-14(5-7-26)32-9-12-10-34-21-18(20(29)27(21)19(12)22(30)31)25-17(28)11-33-16-8-13(23)2-3-15(16)24/h2-8,18,21H,9-11H2,1H3,(H-,25,28,30,31)/p+1/t18-,21+/m0/s1. The lowest BCUT2D eigenvalue weighted by Gasteiger charge is -2.49. The summed E-state index contributed by atoms with van der Waals surface area (Å²) < 4.78 is 1.92. The van der Waals surface area contributed by atoms with E-state index in [0.717, 1.165) is 4.90 Å². The van der Waals surface area contributed by atoms with Gasteiger partial charge in [-0.25, -0.2) is 9.36 Å². The summed E-state index contributed by atoms with van der Waals surface area (Å²) in [5.74, 6) is -0.887. The number of carboxylic acid groups (broad SMARTS) is 1. The van der Waals surface area contributed by atoms with Crippen LogP contribution in [0, 0.1) is 0 Å². The van der Waals surface area contributed by atoms with Gasteiger partial charge in [-0.15, -0.1) is 35.3 Å². The van der Waals surface area contributed by atoms with Crippen molar-refractivity contribution in [2.45, 2.75) is 21.2 Å². The Kier molecular flexibility index (Phi) is 8.04. The van der Waals surface area contributed by atoms with Gasteiger partial charge in [-0.1, -0.05) is 23.2 Å². The Morgan fingerprint density at radius 2 is 1.97 bits per heavy atom. The van der Waals surface area contributed by atoms with Gasteiger partial charge in [-0.05, 0) is 23.8 Å². The smallest absolute Gasteiger partial charge is 0.352 e. The van der Waals surface area contributed by atoms with E-state index in [1.165, 1.54) is 40.2 Å². The van der Waals surface area contributed by atoms with Crippen molar-refractivity contribution in [2.24, 2.45) is 7.05 Å². The first-order valence-electron chi connectivity index (χ1n) is 10.1. The SMILES string of the molecule is C[n+]1ccc(SCC2=C(C(=O)O)N3C(=O)[C@H](NC(=O)CSc4cc(Cl)ccc4Cl)[C@H]3SC2)cc1. The van der Waals surface area contributed by atoms with Gasteiger partial charge in [-0.2, -0.15) is 0 Å². The van der Waals surface area contributed by atoms with E-state index in [-0.39, 0.29) is 17.4 Å². The van der Waals surface area contributed by atoms with E-state index >= 15 is 0 Å². The third-order valence-corrected chi connectivity index (χ3v) is 9.35. The first-order chi connectivity index (χ1) is 16.2. The van der Waals surface area contributed by atoms with Crippen LogP contribution in [0.1, 0.15) is 0 Å². The summed E-state index contributed by atoms with van der Waals surface area (Å²) in [5.41, 5.74) is 0.713. The lowest BCUT2D eigenvalue weighted by atomic mass is 10.0. The lowest BCUT2D eigenvalue weighted by molar-refractivity contribution is -0.671. The first-order valence-corrected chi connectivity index (χ1v) is 13.9. The van der Waals surface area contributed by atoms with Crippen molar-refractivity contribution < 1.29 is 24.1 Å². The van der Waals surface area contributed by atoms with E-state index < -0.39 is 23.3 Å². The van der Waals surface area contributed by atoms with Gasteiger partial charge in [0.25, 0.3) is 5.91 Å². The van der Waals surface area contributed by atoms with Gasteiger partial charge in [0.05, 0.1) is 10.8 Å². The molecule has 4 rings (SSSR count). The van der Waals surface area contributed by atoms with Crippen LogP contribution in [-0.4, -0.2) is 56.5 Å². The number of amides is 2. The number of fused-ring (bicyclic) bond motifs is 1. The Labute approximate surface area is 219 Å². The van der Waals surface area contributed by atoms with Crippen molar-refractivity contribution in [3.63, 3.8) is 0 Å². The zero-order valence-electron chi connectivity index (χ0n) is 17.9. The van der Waals surface area contributed by atoms with Gasteiger partial charge in [-0.3, -0.25) is 14.5 Å². The second-order valence-corrected chi connectivity index (χ2v) is 11.6. The molecule has 1 fully saturated rings. The normalized spacial score (nSPS) is 19.5. The Hall–Kier alpha value is -1.85. The molecule has 0 spiro atoms. The number of nitrogens with one attached hydrogen (secondary N) is 1. The van der Waals surface area contributed by atoms with Crippen molar-refractivity contribution in [1.29, 1.82) is 0 Å². The zero-order valence-corrected chi connectivity index (χ0v) is 21.8.